The lowest BCUT2D eigenvalue weighted by atomic mass is 9.82. The fraction of sp³-hybridized carbons (Fsp3) is 0.571. The van der Waals surface area contributed by atoms with Gasteiger partial charge >= 0.3 is 0 Å². The molecule has 0 saturated carbocycles. The lowest BCUT2D eigenvalue weighted by Crippen LogP contribution is -2.14. The average molecular weight is 345 g/mol. The average Bonchev–Trinajstić information content (AvgIpc) is 2.84. The Bertz CT molecular complexity index is 709. The van der Waals surface area contributed by atoms with Gasteiger partial charge in [-0.15, -0.1) is 0 Å². The van der Waals surface area contributed by atoms with Crippen molar-refractivity contribution in [1.29, 1.82) is 0 Å². The van der Waals surface area contributed by atoms with Crippen LogP contribution in [0.3, 0.4) is 0 Å². The summed E-state index contributed by atoms with van der Waals surface area (Å²) in [5, 5.41) is 5.80. The summed E-state index contributed by atoms with van der Waals surface area (Å²) in [5.74, 6) is 0.652. The van der Waals surface area contributed by atoms with Gasteiger partial charge in [-0.25, -0.2) is 4.68 Å². The summed E-state index contributed by atoms with van der Waals surface area (Å²) in [4.78, 5) is 0. The van der Waals surface area contributed by atoms with Crippen molar-refractivity contribution >= 4 is 11.6 Å². The molecule has 0 spiro atoms. The zero-order valence-electron chi connectivity index (χ0n) is 15.4. The number of halogens is 1. The van der Waals surface area contributed by atoms with Crippen molar-refractivity contribution in [3.8, 4) is 5.69 Å². The summed E-state index contributed by atoms with van der Waals surface area (Å²) in [6, 6.07) is 8.06. The van der Waals surface area contributed by atoms with Gasteiger partial charge < -0.3 is 0 Å². The Morgan fingerprint density at radius 2 is 1.96 bits per heavy atom. The molecule has 3 rings (SSSR count). The summed E-state index contributed by atoms with van der Waals surface area (Å²) in [6.07, 6.45) is 7.15. The summed E-state index contributed by atoms with van der Waals surface area (Å²) in [5.41, 5.74) is 5.68. The molecule has 24 heavy (non-hydrogen) atoms. The Balaban J connectivity index is 1.93. The molecule has 0 radical (unpaired) electrons. The van der Waals surface area contributed by atoms with E-state index in [0.29, 0.717) is 11.3 Å². The van der Waals surface area contributed by atoms with Gasteiger partial charge in [0.25, 0.3) is 0 Å². The van der Waals surface area contributed by atoms with E-state index in [2.05, 4.69) is 38.4 Å². The van der Waals surface area contributed by atoms with E-state index in [-0.39, 0.29) is 0 Å². The van der Waals surface area contributed by atoms with Gasteiger partial charge in [-0.05, 0) is 73.6 Å². The molecule has 1 heterocycles. The minimum Gasteiger partial charge on any atom is -0.237 e. The van der Waals surface area contributed by atoms with E-state index in [4.69, 9.17) is 16.7 Å². The molecular formula is C21H29ClN2. The molecule has 1 aliphatic rings. The third-order valence-corrected chi connectivity index (χ3v) is 5.05. The first kappa shape index (κ1) is 17.5. The van der Waals surface area contributed by atoms with Crippen molar-refractivity contribution in [1.82, 2.24) is 9.78 Å². The highest BCUT2D eigenvalue weighted by Gasteiger charge is 2.24. The van der Waals surface area contributed by atoms with E-state index in [9.17, 15) is 0 Å². The van der Waals surface area contributed by atoms with Crippen LogP contribution in [0.4, 0.5) is 0 Å². The second-order valence-corrected chi connectivity index (χ2v) is 8.98. The molecule has 1 atom stereocenters. The molecule has 1 aromatic carbocycles. The third-order valence-electron chi connectivity index (χ3n) is 4.82. The standard InChI is InChI=1S/C21H29ClN2/c1-15(14-21(2,3)4)12-19-18-10-5-6-11-20(18)24(23-19)17-9-7-8-16(22)13-17/h7-9,13,15H,5-6,10-12,14H2,1-4H3. The Hall–Kier alpha value is -1.28. The highest BCUT2D eigenvalue weighted by molar-refractivity contribution is 6.30. The van der Waals surface area contributed by atoms with Gasteiger partial charge in [0.1, 0.15) is 0 Å². The maximum absolute atomic E-state index is 6.20. The molecule has 130 valence electrons. The Morgan fingerprint density at radius 1 is 1.21 bits per heavy atom. The van der Waals surface area contributed by atoms with E-state index in [1.807, 2.05) is 18.2 Å². The maximum Gasteiger partial charge on any atom is 0.0666 e. The van der Waals surface area contributed by atoms with Crippen LogP contribution in [-0.4, -0.2) is 9.78 Å². The molecule has 0 amide bonds. The number of fused-ring (bicyclic) bond motifs is 1. The van der Waals surface area contributed by atoms with Crippen LogP contribution in [0.15, 0.2) is 24.3 Å². The highest BCUT2D eigenvalue weighted by atomic mass is 35.5. The topological polar surface area (TPSA) is 17.8 Å². The Labute approximate surface area is 151 Å². The summed E-state index contributed by atoms with van der Waals surface area (Å²) in [6.45, 7) is 9.33. The van der Waals surface area contributed by atoms with Crippen LogP contribution in [0.1, 0.15) is 63.9 Å². The molecule has 0 fully saturated rings. The normalized spacial score (nSPS) is 16.0. The van der Waals surface area contributed by atoms with E-state index < -0.39 is 0 Å². The number of hydrogen-bond acceptors (Lipinski definition) is 1. The SMILES string of the molecule is CC(Cc1nn(-c2cccc(Cl)c2)c2c1CCCC2)CC(C)(C)C. The van der Waals surface area contributed by atoms with Crippen LogP contribution in [0.2, 0.25) is 5.02 Å². The molecule has 0 bridgehead atoms. The molecule has 0 aliphatic heterocycles. The summed E-state index contributed by atoms with van der Waals surface area (Å²) >= 11 is 6.20. The van der Waals surface area contributed by atoms with Gasteiger partial charge in [-0.2, -0.15) is 5.10 Å². The number of hydrogen-bond donors (Lipinski definition) is 0. The van der Waals surface area contributed by atoms with Crippen LogP contribution in [-0.2, 0) is 19.3 Å². The maximum atomic E-state index is 6.20. The van der Waals surface area contributed by atoms with Crippen LogP contribution in [0, 0.1) is 11.3 Å². The van der Waals surface area contributed by atoms with Crippen molar-refractivity contribution in [2.75, 3.05) is 0 Å². The van der Waals surface area contributed by atoms with Gasteiger partial charge in [-0.1, -0.05) is 45.4 Å². The predicted molar refractivity (Wildman–Crippen MR) is 102 cm³/mol. The minimum atomic E-state index is 0.370. The molecular weight excluding hydrogens is 316 g/mol. The van der Waals surface area contributed by atoms with Crippen LogP contribution in [0.5, 0.6) is 0 Å². The molecule has 0 saturated heterocycles. The predicted octanol–water partition coefficient (Wildman–Crippen LogP) is 6.02. The lowest BCUT2D eigenvalue weighted by molar-refractivity contribution is 0.304. The van der Waals surface area contributed by atoms with Gasteiger partial charge in [0.05, 0.1) is 11.4 Å². The zero-order valence-corrected chi connectivity index (χ0v) is 16.2. The first-order valence-electron chi connectivity index (χ1n) is 9.19. The quantitative estimate of drug-likeness (QED) is 0.663. The van der Waals surface area contributed by atoms with Crippen molar-refractivity contribution in [3.63, 3.8) is 0 Å². The number of rotatable bonds is 4. The third kappa shape index (κ3) is 4.03. The van der Waals surface area contributed by atoms with E-state index in [0.717, 1.165) is 23.6 Å². The molecule has 1 aromatic heterocycles. The first-order chi connectivity index (χ1) is 11.3. The van der Waals surface area contributed by atoms with Crippen LogP contribution < -0.4 is 0 Å². The fourth-order valence-corrected chi connectivity index (χ4v) is 4.29. The van der Waals surface area contributed by atoms with E-state index in [1.165, 1.54) is 42.6 Å². The highest BCUT2D eigenvalue weighted by Crippen LogP contribution is 2.31. The first-order valence-corrected chi connectivity index (χ1v) is 9.57. The summed E-state index contributed by atoms with van der Waals surface area (Å²) < 4.78 is 2.15. The molecule has 0 N–H and O–H groups in total. The largest absolute Gasteiger partial charge is 0.237 e. The molecule has 1 unspecified atom stereocenters. The van der Waals surface area contributed by atoms with Gasteiger partial charge in [0.15, 0.2) is 0 Å². The number of aromatic nitrogens is 2. The lowest BCUT2D eigenvalue weighted by Gasteiger charge is -2.23. The zero-order chi connectivity index (χ0) is 17.3. The Kier molecular flexibility index (Phi) is 5.05. The molecule has 2 aromatic rings. The van der Waals surface area contributed by atoms with Crippen LogP contribution >= 0.6 is 11.6 Å². The monoisotopic (exact) mass is 344 g/mol. The second-order valence-electron chi connectivity index (χ2n) is 8.54. The smallest absolute Gasteiger partial charge is 0.0666 e. The summed E-state index contributed by atoms with van der Waals surface area (Å²) in [7, 11) is 0. The fourth-order valence-electron chi connectivity index (χ4n) is 4.11. The van der Waals surface area contributed by atoms with E-state index >= 15 is 0 Å². The van der Waals surface area contributed by atoms with E-state index in [1.54, 1.807) is 0 Å². The van der Waals surface area contributed by atoms with Gasteiger partial charge in [0, 0.05) is 10.7 Å². The van der Waals surface area contributed by atoms with Gasteiger partial charge in [0.2, 0.25) is 0 Å². The van der Waals surface area contributed by atoms with Crippen molar-refractivity contribution in [2.45, 2.75) is 66.2 Å². The van der Waals surface area contributed by atoms with Crippen molar-refractivity contribution in [3.05, 3.63) is 46.2 Å². The number of benzene rings is 1. The Morgan fingerprint density at radius 3 is 2.67 bits per heavy atom. The minimum absolute atomic E-state index is 0.370. The number of nitrogens with zero attached hydrogens (tertiary/aromatic N) is 2. The van der Waals surface area contributed by atoms with Crippen LogP contribution in [0.25, 0.3) is 5.69 Å². The molecule has 3 heteroatoms. The molecule has 2 nitrogen and oxygen atoms in total. The van der Waals surface area contributed by atoms with Crippen molar-refractivity contribution < 1.29 is 0 Å². The molecule has 1 aliphatic carbocycles. The second kappa shape index (κ2) is 6.92. The van der Waals surface area contributed by atoms with Gasteiger partial charge in [-0.3, -0.25) is 0 Å². The van der Waals surface area contributed by atoms with Crippen molar-refractivity contribution in [2.24, 2.45) is 11.3 Å².